The SMILES string of the molecule is COc1ccccc1C1=C(c2ccc(S(N)(=O)=O)cc2)OC(C)(C)C1=O. The van der Waals surface area contributed by atoms with Crippen LogP contribution in [-0.2, 0) is 19.6 Å². The van der Waals surface area contributed by atoms with Gasteiger partial charge in [0.1, 0.15) is 11.5 Å². The summed E-state index contributed by atoms with van der Waals surface area (Å²) in [6.07, 6.45) is 0. The van der Waals surface area contributed by atoms with Crippen molar-refractivity contribution < 1.29 is 22.7 Å². The molecule has 0 aromatic heterocycles. The van der Waals surface area contributed by atoms with Crippen LogP contribution in [0.4, 0.5) is 0 Å². The van der Waals surface area contributed by atoms with Gasteiger partial charge in [0.2, 0.25) is 15.8 Å². The summed E-state index contributed by atoms with van der Waals surface area (Å²) in [6.45, 7) is 3.38. The molecule has 0 unspecified atom stereocenters. The molecule has 26 heavy (non-hydrogen) atoms. The van der Waals surface area contributed by atoms with Crippen LogP contribution in [0, 0.1) is 0 Å². The topological polar surface area (TPSA) is 95.7 Å². The van der Waals surface area contributed by atoms with Crippen LogP contribution < -0.4 is 9.88 Å². The predicted molar refractivity (Wildman–Crippen MR) is 97.8 cm³/mol. The Labute approximate surface area is 152 Å². The van der Waals surface area contributed by atoms with Gasteiger partial charge in [0.05, 0.1) is 17.6 Å². The summed E-state index contributed by atoms with van der Waals surface area (Å²) in [5.74, 6) is 0.758. The molecule has 3 rings (SSSR count). The molecule has 7 heteroatoms. The minimum absolute atomic E-state index is 0.00993. The van der Waals surface area contributed by atoms with E-state index in [1.165, 1.54) is 19.2 Å². The summed E-state index contributed by atoms with van der Waals surface area (Å²) < 4.78 is 34.2. The molecule has 0 amide bonds. The zero-order valence-electron chi connectivity index (χ0n) is 14.6. The second-order valence-electron chi connectivity index (χ2n) is 6.42. The number of sulfonamides is 1. The lowest BCUT2D eigenvalue weighted by Crippen LogP contribution is -2.29. The van der Waals surface area contributed by atoms with Crippen LogP contribution in [-0.4, -0.2) is 26.9 Å². The van der Waals surface area contributed by atoms with Gasteiger partial charge in [-0.05, 0) is 44.2 Å². The fourth-order valence-corrected chi connectivity index (χ4v) is 3.37. The number of carbonyl (C=O) groups excluding carboxylic acids is 1. The number of carbonyl (C=O) groups is 1. The Morgan fingerprint density at radius 1 is 1.04 bits per heavy atom. The van der Waals surface area contributed by atoms with Gasteiger partial charge in [-0.3, -0.25) is 4.79 Å². The van der Waals surface area contributed by atoms with E-state index < -0.39 is 15.6 Å². The van der Waals surface area contributed by atoms with E-state index in [9.17, 15) is 13.2 Å². The van der Waals surface area contributed by atoms with Crippen molar-refractivity contribution in [1.82, 2.24) is 0 Å². The maximum atomic E-state index is 13.0. The zero-order valence-corrected chi connectivity index (χ0v) is 15.5. The fraction of sp³-hybridized carbons (Fsp3) is 0.211. The van der Waals surface area contributed by atoms with Gasteiger partial charge < -0.3 is 9.47 Å². The maximum Gasteiger partial charge on any atom is 0.238 e. The first kappa shape index (κ1) is 18.2. The van der Waals surface area contributed by atoms with Crippen LogP contribution in [0.5, 0.6) is 5.75 Å². The lowest BCUT2D eigenvalue weighted by atomic mass is 9.92. The molecular formula is C19H19NO5S. The Bertz CT molecular complexity index is 1000. The first-order chi connectivity index (χ1) is 12.1. The molecule has 1 aliphatic rings. The third-order valence-electron chi connectivity index (χ3n) is 4.18. The number of hydrogen-bond donors (Lipinski definition) is 1. The highest BCUT2D eigenvalue weighted by molar-refractivity contribution is 7.89. The van der Waals surface area contributed by atoms with Gasteiger partial charge in [0, 0.05) is 11.1 Å². The molecule has 2 aromatic rings. The van der Waals surface area contributed by atoms with Crippen molar-refractivity contribution in [3.05, 3.63) is 59.7 Å². The van der Waals surface area contributed by atoms with E-state index >= 15 is 0 Å². The monoisotopic (exact) mass is 373 g/mol. The lowest BCUT2D eigenvalue weighted by Gasteiger charge is -2.18. The summed E-state index contributed by atoms with van der Waals surface area (Å²) in [5.41, 5.74) is 0.563. The molecule has 2 N–H and O–H groups in total. The maximum absolute atomic E-state index is 13.0. The zero-order chi connectivity index (χ0) is 19.1. The second-order valence-corrected chi connectivity index (χ2v) is 7.98. The second kappa shape index (κ2) is 6.26. The molecule has 6 nitrogen and oxygen atoms in total. The number of methoxy groups -OCH3 is 1. The number of rotatable bonds is 4. The van der Waals surface area contributed by atoms with Crippen LogP contribution in [0.3, 0.4) is 0 Å². The number of Topliss-reactive ketones (excluding diaryl/α,β-unsaturated/α-hetero) is 1. The minimum Gasteiger partial charge on any atom is -0.496 e. The number of nitrogens with two attached hydrogens (primary N) is 1. The largest absolute Gasteiger partial charge is 0.496 e. The molecule has 1 heterocycles. The summed E-state index contributed by atoms with van der Waals surface area (Å²) in [4.78, 5) is 12.9. The highest BCUT2D eigenvalue weighted by atomic mass is 32.2. The van der Waals surface area contributed by atoms with Crippen molar-refractivity contribution >= 4 is 27.1 Å². The van der Waals surface area contributed by atoms with E-state index in [4.69, 9.17) is 14.6 Å². The minimum atomic E-state index is -3.80. The van der Waals surface area contributed by atoms with Crippen LogP contribution in [0.25, 0.3) is 11.3 Å². The highest BCUT2D eigenvalue weighted by Gasteiger charge is 2.43. The molecule has 0 fully saturated rings. The van der Waals surface area contributed by atoms with Gasteiger partial charge in [0.15, 0.2) is 5.60 Å². The van der Waals surface area contributed by atoms with Crippen molar-refractivity contribution in [1.29, 1.82) is 0 Å². The molecular weight excluding hydrogens is 354 g/mol. The Balaban J connectivity index is 2.20. The molecule has 0 atom stereocenters. The Morgan fingerprint density at radius 3 is 2.23 bits per heavy atom. The van der Waals surface area contributed by atoms with Crippen LogP contribution in [0.2, 0.25) is 0 Å². The van der Waals surface area contributed by atoms with Crippen molar-refractivity contribution in [2.75, 3.05) is 7.11 Å². The highest BCUT2D eigenvalue weighted by Crippen LogP contribution is 2.43. The number of para-hydroxylation sites is 1. The summed E-state index contributed by atoms with van der Waals surface area (Å²) in [7, 11) is -2.26. The fourth-order valence-electron chi connectivity index (χ4n) is 2.85. The number of ether oxygens (including phenoxy) is 2. The number of ketones is 1. The van der Waals surface area contributed by atoms with Crippen molar-refractivity contribution in [3.8, 4) is 5.75 Å². The quantitative estimate of drug-likeness (QED) is 0.889. The van der Waals surface area contributed by atoms with E-state index in [-0.39, 0.29) is 10.7 Å². The van der Waals surface area contributed by atoms with E-state index in [0.29, 0.717) is 28.2 Å². The van der Waals surface area contributed by atoms with E-state index in [1.54, 1.807) is 38.1 Å². The summed E-state index contributed by atoms with van der Waals surface area (Å²) in [6, 6.07) is 13.1. The Kier molecular flexibility index (Phi) is 4.37. The third-order valence-corrected chi connectivity index (χ3v) is 5.11. The Morgan fingerprint density at radius 2 is 1.65 bits per heavy atom. The van der Waals surface area contributed by atoms with Gasteiger partial charge in [-0.25, -0.2) is 13.6 Å². The lowest BCUT2D eigenvalue weighted by molar-refractivity contribution is -0.125. The Hall–Kier alpha value is -2.64. The van der Waals surface area contributed by atoms with Gasteiger partial charge in [0.25, 0.3) is 0 Å². The first-order valence-corrected chi connectivity index (χ1v) is 9.44. The van der Waals surface area contributed by atoms with Crippen LogP contribution >= 0.6 is 0 Å². The molecule has 0 saturated heterocycles. The summed E-state index contributed by atoms with van der Waals surface area (Å²) >= 11 is 0. The van der Waals surface area contributed by atoms with Crippen LogP contribution in [0.15, 0.2) is 53.4 Å². The molecule has 0 spiro atoms. The normalized spacial score (nSPS) is 16.5. The number of hydrogen-bond acceptors (Lipinski definition) is 5. The van der Waals surface area contributed by atoms with E-state index in [2.05, 4.69) is 0 Å². The van der Waals surface area contributed by atoms with Gasteiger partial charge in [-0.15, -0.1) is 0 Å². The average molecular weight is 373 g/mol. The molecule has 0 aliphatic carbocycles. The standard InChI is InChI=1S/C19H19NO5S/c1-19(2)18(21)16(14-6-4-5-7-15(14)24-3)17(25-19)12-8-10-13(11-9-12)26(20,22)23/h4-11H,1-3H3,(H2,20,22,23). The van der Waals surface area contributed by atoms with Crippen LogP contribution in [0.1, 0.15) is 25.0 Å². The molecule has 2 aromatic carbocycles. The first-order valence-electron chi connectivity index (χ1n) is 7.90. The van der Waals surface area contributed by atoms with Crippen molar-refractivity contribution in [2.24, 2.45) is 5.14 Å². The summed E-state index contributed by atoms with van der Waals surface area (Å²) in [5, 5.41) is 5.14. The van der Waals surface area contributed by atoms with Gasteiger partial charge >= 0.3 is 0 Å². The number of primary sulfonamides is 1. The molecule has 1 aliphatic heterocycles. The molecule has 0 bridgehead atoms. The smallest absolute Gasteiger partial charge is 0.238 e. The molecule has 136 valence electrons. The van der Waals surface area contributed by atoms with Crippen molar-refractivity contribution in [3.63, 3.8) is 0 Å². The van der Waals surface area contributed by atoms with Crippen molar-refractivity contribution in [2.45, 2.75) is 24.3 Å². The third kappa shape index (κ3) is 3.11. The molecule has 0 saturated carbocycles. The molecule has 0 radical (unpaired) electrons. The van der Waals surface area contributed by atoms with Gasteiger partial charge in [-0.1, -0.05) is 18.2 Å². The van der Waals surface area contributed by atoms with E-state index in [1.807, 2.05) is 12.1 Å². The average Bonchev–Trinajstić information content (AvgIpc) is 2.84. The van der Waals surface area contributed by atoms with E-state index in [0.717, 1.165) is 0 Å². The number of benzene rings is 2. The van der Waals surface area contributed by atoms with Gasteiger partial charge in [-0.2, -0.15) is 0 Å². The predicted octanol–water partition coefficient (Wildman–Crippen LogP) is 2.59.